The number of thioether (sulfide) groups is 1. The maximum absolute atomic E-state index is 14.8. The molecule has 9 heteroatoms. The molecular formula is C36H44BrN3O4S. The van der Waals surface area contributed by atoms with E-state index in [2.05, 4.69) is 36.0 Å². The second-order valence-corrected chi connectivity index (χ2v) is 15.1. The van der Waals surface area contributed by atoms with E-state index in [0.717, 1.165) is 24.0 Å². The smallest absolute Gasteiger partial charge is 0.247 e. The van der Waals surface area contributed by atoms with Crippen LogP contribution in [0.15, 0.2) is 86.0 Å². The minimum absolute atomic E-state index is 0.0387. The molecule has 3 saturated heterocycles. The number of fused-ring (bicyclic) bond motifs is 1. The highest BCUT2D eigenvalue weighted by atomic mass is 79.9. The Balaban J connectivity index is 1.57. The van der Waals surface area contributed by atoms with Gasteiger partial charge in [-0.2, -0.15) is 0 Å². The molecule has 0 aromatic heterocycles. The fourth-order valence-corrected chi connectivity index (χ4v) is 11.1. The van der Waals surface area contributed by atoms with Crippen molar-refractivity contribution in [2.24, 2.45) is 11.8 Å². The highest BCUT2D eigenvalue weighted by Gasteiger charge is 2.76. The first kappa shape index (κ1) is 33.5. The Kier molecular flexibility index (Phi) is 10.9. The largest absolute Gasteiger partial charge is 0.394 e. The fraction of sp³-hybridized carbons (Fsp3) is 0.472. The van der Waals surface area contributed by atoms with E-state index in [9.17, 15) is 19.5 Å². The summed E-state index contributed by atoms with van der Waals surface area (Å²) in [5.74, 6) is -1.70. The lowest BCUT2D eigenvalue weighted by molar-refractivity contribution is -0.147. The number of halogens is 1. The van der Waals surface area contributed by atoms with Crippen LogP contribution in [0.5, 0.6) is 0 Å². The lowest BCUT2D eigenvalue weighted by Crippen LogP contribution is -2.58. The number of rotatable bonds is 15. The van der Waals surface area contributed by atoms with Crippen LogP contribution in [0.2, 0.25) is 0 Å². The normalized spacial score (nSPS) is 27.2. The summed E-state index contributed by atoms with van der Waals surface area (Å²) in [4.78, 5) is 49.3. The number of alkyl halides is 1. The van der Waals surface area contributed by atoms with Crippen molar-refractivity contribution in [1.82, 2.24) is 14.7 Å². The third kappa shape index (κ3) is 6.41. The van der Waals surface area contributed by atoms with Crippen LogP contribution in [-0.2, 0) is 27.3 Å². The van der Waals surface area contributed by atoms with Crippen LogP contribution >= 0.6 is 27.7 Å². The summed E-state index contributed by atoms with van der Waals surface area (Å²) in [6.07, 6.45) is 6.21. The number of carbonyl (C=O) groups excluding carboxylic acids is 3. The second kappa shape index (κ2) is 14.7. The minimum Gasteiger partial charge on any atom is -0.394 e. The van der Waals surface area contributed by atoms with Crippen molar-refractivity contribution in [3.05, 3.63) is 97.1 Å². The van der Waals surface area contributed by atoms with Gasteiger partial charge in [0.25, 0.3) is 0 Å². The minimum atomic E-state index is -0.803. The summed E-state index contributed by atoms with van der Waals surface area (Å²) < 4.78 is -0.796. The van der Waals surface area contributed by atoms with E-state index in [-0.39, 0.29) is 34.4 Å². The van der Waals surface area contributed by atoms with Gasteiger partial charge >= 0.3 is 0 Å². The van der Waals surface area contributed by atoms with E-state index in [0.29, 0.717) is 39.0 Å². The molecule has 2 bridgehead atoms. The Morgan fingerprint density at radius 2 is 1.67 bits per heavy atom. The number of unbranched alkanes of at least 4 members (excludes halogenated alkanes) is 1. The van der Waals surface area contributed by atoms with Crippen LogP contribution in [0.1, 0.15) is 37.3 Å². The Morgan fingerprint density at radius 3 is 2.27 bits per heavy atom. The Bertz CT molecular complexity index is 1380. The van der Waals surface area contributed by atoms with Gasteiger partial charge in [0.05, 0.1) is 29.2 Å². The number of hydrogen-bond acceptors (Lipinski definition) is 5. The first-order chi connectivity index (χ1) is 21.8. The average molecular weight is 695 g/mol. The zero-order chi connectivity index (χ0) is 32.1. The van der Waals surface area contributed by atoms with Crippen molar-refractivity contribution in [2.45, 2.75) is 66.1 Å². The van der Waals surface area contributed by atoms with Gasteiger partial charge in [-0.3, -0.25) is 14.4 Å². The third-order valence-corrected chi connectivity index (χ3v) is 12.7. The maximum Gasteiger partial charge on any atom is 0.247 e. The summed E-state index contributed by atoms with van der Waals surface area (Å²) in [6.45, 7) is 11.3. The first-order valence-electron chi connectivity index (χ1n) is 15.9. The number of benzene rings is 2. The van der Waals surface area contributed by atoms with Crippen LogP contribution in [0, 0.1) is 11.8 Å². The average Bonchev–Trinajstić information content (AvgIpc) is 3.65. The van der Waals surface area contributed by atoms with Crippen molar-refractivity contribution in [1.29, 1.82) is 0 Å². The molecule has 2 aromatic carbocycles. The van der Waals surface area contributed by atoms with Crippen LogP contribution in [0.25, 0.3) is 0 Å². The third-order valence-electron chi connectivity index (χ3n) is 9.48. The first-order valence-corrected chi connectivity index (χ1v) is 17.7. The molecule has 1 N–H and O–H groups in total. The van der Waals surface area contributed by atoms with Crippen molar-refractivity contribution in [2.75, 3.05) is 26.2 Å². The molecule has 240 valence electrons. The van der Waals surface area contributed by atoms with Crippen LogP contribution in [0.3, 0.4) is 0 Å². The van der Waals surface area contributed by atoms with Crippen LogP contribution < -0.4 is 0 Å². The molecule has 5 rings (SSSR count). The van der Waals surface area contributed by atoms with Gasteiger partial charge in [0.2, 0.25) is 17.7 Å². The second-order valence-electron chi connectivity index (χ2n) is 12.4. The number of aliphatic hydroxyl groups excluding tert-OH is 1. The molecule has 1 spiro atoms. The summed E-state index contributed by atoms with van der Waals surface area (Å²) >= 11 is 5.53. The summed E-state index contributed by atoms with van der Waals surface area (Å²) in [5, 5.41) is 10.6. The SMILES string of the molecule is C=CCN(CCCC)C(=O)C1N([C@@H](CO)Cc2ccccc2)C(=O)[C@@H]2[C@@H](C(=O)N(CC=C)Cc3ccccc3)[C@@H]3SC12CC3Br. The van der Waals surface area contributed by atoms with E-state index in [1.165, 1.54) is 0 Å². The van der Waals surface area contributed by atoms with Gasteiger partial charge in [-0.15, -0.1) is 24.9 Å². The number of hydrogen-bond donors (Lipinski definition) is 1. The maximum atomic E-state index is 14.8. The molecule has 7 atom stereocenters. The van der Waals surface area contributed by atoms with Crippen molar-refractivity contribution < 1.29 is 19.5 Å². The predicted octanol–water partition coefficient (Wildman–Crippen LogP) is 5.08. The lowest BCUT2D eigenvalue weighted by Gasteiger charge is -2.40. The Hall–Kier alpha value is -2.88. The zero-order valence-electron chi connectivity index (χ0n) is 26.0. The van der Waals surface area contributed by atoms with Gasteiger partial charge < -0.3 is 19.8 Å². The van der Waals surface area contributed by atoms with Crippen molar-refractivity contribution in [3.63, 3.8) is 0 Å². The van der Waals surface area contributed by atoms with Crippen molar-refractivity contribution >= 4 is 45.4 Å². The number of carbonyl (C=O) groups is 3. The highest BCUT2D eigenvalue weighted by Crippen LogP contribution is 2.68. The molecular weight excluding hydrogens is 650 g/mol. The highest BCUT2D eigenvalue weighted by molar-refractivity contribution is 9.09. The number of amides is 3. The standard InChI is InChI=1S/C36H44BrN3O4S/c1-4-7-20-38(18-5-2)35(44)32-36-22-28(37)31(45-36)29(33(42)39(19-6-3)23-26-16-12-9-13-17-26)30(36)34(43)40(32)27(24-41)21-25-14-10-8-11-15-25/h5-6,8-17,27-32,41H,2-4,7,18-24H2,1H3/t27-,28?,29-,30+,31-,32?,36?/m1/s1. The predicted molar refractivity (Wildman–Crippen MR) is 184 cm³/mol. The molecule has 3 aliphatic heterocycles. The number of aliphatic hydroxyl groups is 1. The van der Waals surface area contributed by atoms with Crippen LogP contribution in [-0.4, -0.2) is 90.7 Å². The monoisotopic (exact) mass is 693 g/mol. The van der Waals surface area contributed by atoms with Gasteiger partial charge in [-0.05, 0) is 30.4 Å². The number of likely N-dealkylation sites (tertiary alicyclic amines) is 1. The van der Waals surface area contributed by atoms with Gasteiger partial charge in [0.1, 0.15) is 6.04 Å². The van der Waals surface area contributed by atoms with E-state index in [1.54, 1.807) is 38.6 Å². The van der Waals surface area contributed by atoms with Gasteiger partial charge in [0, 0.05) is 36.3 Å². The molecule has 0 aliphatic carbocycles. The molecule has 3 unspecified atom stereocenters. The van der Waals surface area contributed by atoms with E-state index in [4.69, 9.17) is 0 Å². The lowest BCUT2D eigenvalue weighted by atomic mass is 9.70. The van der Waals surface area contributed by atoms with E-state index < -0.39 is 28.7 Å². The van der Waals surface area contributed by atoms with E-state index in [1.807, 2.05) is 60.7 Å². The molecule has 3 fully saturated rings. The molecule has 0 saturated carbocycles. The van der Waals surface area contributed by atoms with Gasteiger partial charge in [-0.1, -0.05) is 102 Å². The molecule has 7 nitrogen and oxygen atoms in total. The molecule has 0 radical (unpaired) electrons. The zero-order valence-corrected chi connectivity index (χ0v) is 28.4. The molecule has 2 aromatic rings. The molecule has 3 aliphatic rings. The fourth-order valence-electron chi connectivity index (χ4n) is 7.53. The topological polar surface area (TPSA) is 81.2 Å². The van der Waals surface area contributed by atoms with Gasteiger partial charge in [-0.25, -0.2) is 0 Å². The van der Waals surface area contributed by atoms with Crippen LogP contribution in [0.4, 0.5) is 0 Å². The summed E-state index contributed by atoms with van der Waals surface area (Å²) in [7, 11) is 0. The van der Waals surface area contributed by atoms with E-state index >= 15 is 0 Å². The Labute approximate surface area is 279 Å². The number of nitrogens with zero attached hydrogens (tertiary/aromatic N) is 3. The summed E-state index contributed by atoms with van der Waals surface area (Å²) in [5.41, 5.74) is 1.97. The molecule has 3 heterocycles. The molecule has 3 amide bonds. The van der Waals surface area contributed by atoms with Crippen molar-refractivity contribution in [3.8, 4) is 0 Å². The Morgan fingerprint density at radius 1 is 1.04 bits per heavy atom. The summed E-state index contributed by atoms with van der Waals surface area (Å²) in [6, 6.07) is 18.2. The molecule has 45 heavy (non-hydrogen) atoms. The quantitative estimate of drug-likeness (QED) is 0.208. The van der Waals surface area contributed by atoms with Gasteiger partial charge in [0.15, 0.2) is 0 Å².